The van der Waals surface area contributed by atoms with Crippen LogP contribution in [0.5, 0.6) is 0 Å². The summed E-state index contributed by atoms with van der Waals surface area (Å²) >= 11 is 0. The molecule has 0 saturated carbocycles. The molecule has 0 fully saturated rings. The number of esters is 1. The van der Waals surface area contributed by atoms with Gasteiger partial charge in [-0.3, -0.25) is 14.4 Å². The molecule has 0 aromatic heterocycles. The quantitative estimate of drug-likeness (QED) is 0.523. The minimum absolute atomic E-state index is 0.0578. The maximum absolute atomic E-state index is 12.8. The number of hydrogen-bond acceptors (Lipinski definition) is 4. The lowest BCUT2D eigenvalue weighted by molar-refractivity contribution is -0.148. The highest BCUT2D eigenvalue weighted by Crippen LogP contribution is 2.23. The predicted molar refractivity (Wildman–Crippen MR) is 114 cm³/mol. The van der Waals surface area contributed by atoms with Crippen molar-refractivity contribution >= 4 is 17.8 Å². The normalized spacial score (nSPS) is 12.6. The lowest BCUT2D eigenvalue weighted by Crippen LogP contribution is -2.36. The van der Waals surface area contributed by atoms with Gasteiger partial charge in [0.25, 0.3) is 0 Å². The van der Waals surface area contributed by atoms with Crippen LogP contribution in [0.3, 0.4) is 0 Å². The highest BCUT2D eigenvalue weighted by atomic mass is 16.5. The van der Waals surface area contributed by atoms with Gasteiger partial charge in [0.1, 0.15) is 0 Å². The van der Waals surface area contributed by atoms with Crippen LogP contribution in [0.2, 0.25) is 0 Å². The molecule has 6 heteroatoms. The smallest absolute Gasteiger partial charge is 0.309 e. The zero-order valence-corrected chi connectivity index (χ0v) is 17.3. The van der Waals surface area contributed by atoms with E-state index in [1.54, 1.807) is 6.92 Å². The molecule has 30 heavy (non-hydrogen) atoms. The molecule has 0 heterocycles. The molecule has 2 aromatic rings. The van der Waals surface area contributed by atoms with Crippen molar-refractivity contribution < 1.29 is 24.2 Å². The van der Waals surface area contributed by atoms with E-state index in [4.69, 9.17) is 9.84 Å². The number of carboxylic acid groups (broad SMARTS) is 1. The molecule has 0 saturated heterocycles. The van der Waals surface area contributed by atoms with Crippen molar-refractivity contribution in [2.75, 3.05) is 13.2 Å². The van der Waals surface area contributed by atoms with Crippen LogP contribution >= 0.6 is 0 Å². The number of rotatable bonds is 12. The third-order valence-electron chi connectivity index (χ3n) is 4.85. The molecule has 2 rings (SSSR count). The fourth-order valence-corrected chi connectivity index (χ4v) is 3.38. The highest BCUT2D eigenvalue weighted by molar-refractivity contribution is 5.81. The van der Waals surface area contributed by atoms with Gasteiger partial charge < -0.3 is 15.2 Å². The minimum atomic E-state index is -0.969. The first-order valence-corrected chi connectivity index (χ1v) is 10.2. The summed E-state index contributed by atoms with van der Waals surface area (Å²) < 4.78 is 5.27. The van der Waals surface area contributed by atoms with E-state index in [0.717, 1.165) is 11.1 Å². The number of ether oxygens (including phenoxy) is 1. The second-order valence-corrected chi connectivity index (χ2v) is 7.20. The zero-order valence-electron chi connectivity index (χ0n) is 17.3. The van der Waals surface area contributed by atoms with Crippen molar-refractivity contribution in [1.82, 2.24) is 5.32 Å². The van der Waals surface area contributed by atoms with Crippen LogP contribution in [0.4, 0.5) is 0 Å². The number of carbonyl (C=O) groups is 3. The summed E-state index contributed by atoms with van der Waals surface area (Å²) in [5, 5.41) is 11.5. The maximum Gasteiger partial charge on any atom is 0.309 e. The van der Waals surface area contributed by atoms with Crippen LogP contribution in [-0.4, -0.2) is 36.1 Å². The van der Waals surface area contributed by atoms with Gasteiger partial charge in [-0.25, -0.2) is 0 Å². The summed E-state index contributed by atoms with van der Waals surface area (Å²) in [6.07, 6.45) is 1.12. The summed E-state index contributed by atoms with van der Waals surface area (Å²) in [7, 11) is 0. The second kappa shape index (κ2) is 12.4. The molecule has 0 bridgehead atoms. The van der Waals surface area contributed by atoms with E-state index in [0.29, 0.717) is 19.3 Å². The summed E-state index contributed by atoms with van der Waals surface area (Å²) in [6, 6.07) is 19.2. The molecule has 1 amide bonds. The first-order chi connectivity index (χ1) is 14.5. The van der Waals surface area contributed by atoms with Gasteiger partial charge in [0.05, 0.1) is 18.9 Å². The van der Waals surface area contributed by atoms with Crippen molar-refractivity contribution in [3.63, 3.8) is 0 Å². The molecule has 2 atom stereocenters. The Balaban J connectivity index is 2.17. The van der Waals surface area contributed by atoms with Crippen molar-refractivity contribution in [3.05, 3.63) is 71.8 Å². The third-order valence-corrected chi connectivity index (χ3v) is 4.85. The summed E-state index contributed by atoms with van der Waals surface area (Å²) in [5.74, 6) is -2.48. The van der Waals surface area contributed by atoms with Crippen molar-refractivity contribution in [2.45, 2.75) is 32.6 Å². The average Bonchev–Trinajstić information content (AvgIpc) is 2.74. The van der Waals surface area contributed by atoms with E-state index in [1.807, 2.05) is 60.7 Å². The molecule has 0 aliphatic carbocycles. The Hall–Kier alpha value is -3.15. The largest absolute Gasteiger partial charge is 0.481 e. The Labute approximate surface area is 177 Å². The Bertz CT molecular complexity index is 807. The molecule has 0 spiro atoms. The Morgan fingerprint density at radius 1 is 0.900 bits per heavy atom. The first kappa shape index (κ1) is 23.1. The number of hydrogen-bond donors (Lipinski definition) is 2. The van der Waals surface area contributed by atoms with Crippen LogP contribution in [0.15, 0.2) is 60.7 Å². The molecule has 0 radical (unpaired) electrons. The number of carbonyl (C=O) groups excluding carboxylic acids is 2. The molecule has 2 aromatic carbocycles. The number of aliphatic carboxylic acids is 1. The Morgan fingerprint density at radius 3 is 1.93 bits per heavy atom. The van der Waals surface area contributed by atoms with Crippen molar-refractivity contribution in [2.24, 2.45) is 11.8 Å². The van der Waals surface area contributed by atoms with E-state index in [9.17, 15) is 14.4 Å². The molecule has 0 aliphatic rings. The topological polar surface area (TPSA) is 92.7 Å². The number of benzene rings is 2. The van der Waals surface area contributed by atoms with Crippen LogP contribution in [-0.2, 0) is 32.0 Å². The van der Waals surface area contributed by atoms with Crippen molar-refractivity contribution in [1.29, 1.82) is 0 Å². The van der Waals surface area contributed by atoms with E-state index in [-0.39, 0.29) is 31.4 Å². The number of carboxylic acids is 1. The van der Waals surface area contributed by atoms with Gasteiger partial charge in [0, 0.05) is 12.5 Å². The Morgan fingerprint density at radius 2 is 1.43 bits per heavy atom. The fraction of sp³-hybridized carbons (Fsp3) is 0.375. The number of amides is 1. The van der Waals surface area contributed by atoms with E-state index in [1.165, 1.54) is 0 Å². The van der Waals surface area contributed by atoms with Crippen LogP contribution < -0.4 is 5.32 Å². The molecular formula is C24H29NO5. The van der Waals surface area contributed by atoms with Gasteiger partial charge in [-0.2, -0.15) is 0 Å². The SMILES string of the molecule is CCOC(=O)[C@@H](Cc1ccccc1)C[C@H](Cc1ccccc1)C(=O)NCCC(=O)O. The lowest BCUT2D eigenvalue weighted by Gasteiger charge is -2.22. The molecule has 160 valence electrons. The second-order valence-electron chi connectivity index (χ2n) is 7.20. The molecule has 2 N–H and O–H groups in total. The highest BCUT2D eigenvalue weighted by Gasteiger charge is 2.29. The van der Waals surface area contributed by atoms with Crippen molar-refractivity contribution in [3.8, 4) is 0 Å². The lowest BCUT2D eigenvalue weighted by atomic mass is 9.85. The zero-order chi connectivity index (χ0) is 21.8. The molecule has 0 unspecified atom stereocenters. The van der Waals surface area contributed by atoms with Gasteiger partial charge in [-0.05, 0) is 37.3 Å². The monoisotopic (exact) mass is 411 g/mol. The summed E-state index contributed by atoms with van der Waals surface area (Å²) in [5.41, 5.74) is 1.98. The van der Waals surface area contributed by atoms with E-state index >= 15 is 0 Å². The van der Waals surface area contributed by atoms with Gasteiger partial charge in [0.2, 0.25) is 5.91 Å². The van der Waals surface area contributed by atoms with Crippen LogP contribution in [0.25, 0.3) is 0 Å². The fourth-order valence-electron chi connectivity index (χ4n) is 3.38. The van der Waals surface area contributed by atoms with Gasteiger partial charge in [0.15, 0.2) is 0 Å². The van der Waals surface area contributed by atoms with Gasteiger partial charge >= 0.3 is 11.9 Å². The Kier molecular flexibility index (Phi) is 9.58. The molecular weight excluding hydrogens is 382 g/mol. The van der Waals surface area contributed by atoms with Crippen LogP contribution in [0, 0.1) is 11.8 Å². The third kappa shape index (κ3) is 8.07. The summed E-state index contributed by atoms with van der Waals surface area (Å²) in [4.78, 5) is 36.2. The average molecular weight is 411 g/mol. The maximum atomic E-state index is 12.8. The van der Waals surface area contributed by atoms with Gasteiger partial charge in [-0.1, -0.05) is 60.7 Å². The number of nitrogens with one attached hydrogen (secondary N) is 1. The minimum Gasteiger partial charge on any atom is -0.481 e. The molecule has 6 nitrogen and oxygen atoms in total. The van der Waals surface area contributed by atoms with Crippen LogP contribution in [0.1, 0.15) is 30.9 Å². The first-order valence-electron chi connectivity index (χ1n) is 10.2. The standard InChI is InChI=1S/C24H29NO5/c1-2-30-24(29)21(16-19-11-7-4-8-12-19)17-20(15-18-9-5-3-6-10-18)23(28)25-14-13-22(26)27/h3-12,20-21H,2,13-17H2,1H3,(H,25,28)(H,26,27)/t20-,21-/m0/s1. The van der Waals surface area contributed by atoms with Gasteiger partial charge in [-0.15, -0.1) is 0 Å². The molecule has 0 aliphatic heterocycles. The van der Waals surface area contributed by atoms with E-state index < -0.39 is 17.8 Å². The summed E-state index contributed by atoms with van der Waals surface area (Å²) in [6.45, 7) is 2.10. The predicted octanol–water partition coefficient (Wildman–Crippen LogP) is 3.25. The van der Waals surface area contributed by atoms with E-state index in [2.05, 4.69) is 5.32 Å².